The first-order valence-electron chi connectivity index (χ1n) is 5.94. The predicted octanol–water partition coefficient (Wildman–Crippen LogP) is 2.49. The molecule has 1 aromatic heterocycles. The average Bonchev–Trinajstić information content (AvgIpc) is 2.77. The molecule has 1 N–H and O–H groups in total. The van der Waals surface area contributed by atoms with Crippen molar-refractivity contribution in [2.24, 2.45) is 0 Å². The first-order chi connectivity index (χ1) is 8.10. The van der Waals surface area contributed by atoms with Gasteiger partial charge >= 0.3 is 0 Å². The Morgan fingerprint density at radius 2 is 2.29 bits per heavy atom. The molecule has 0 aromatic carbocycles. The van der Waals surface area contributed by atoms with Gasteiger partial charge in [-0.25, -0.2) is 0 Å². The number of amides is 1. The highest BCUT2D eigenvalue weighted by Crippen LogP contribution is 2.11. The van der Waals surface area contributed by atoms with Crippen LogP contribution in [0.5, 0.6) is 0 Å². The van der Waals surface area contributed by atoms with Crippen molar-refractivity contribution in [2.45, 2.75) is 45.7 Å². The van der Waals surface area contributed by atoms with Crippen molar-refractivity contribution in [2.75, 3.05) is 0 Å². The highest BCUT2D eigenvalue weighted by Gasteiger charge is 2.15. The number of hydrogen-bond donors (Lipinski definition) is 1. The quantitative estimate of drug-likeness (QED) is 0.849. The average molecular weight is 233 g/mol. The van der Waals surface area contributed by atoms with Crippen molar-refractivity contribution in [3.63, 3.8) is 0 Å². The number of aromatic nitrogens is 1. The van der Waals surface area contributed by atoms with Gasteiger partial charge in [0.25, 0.3) is 5.91 Å². The molecule has 0 aliphatic heterocycles. The first kappa shape index (κ1) is 13.3. The summed E-state index contributed by atoms with van der Waals surface area (Å²) in [5, 5.41) is 11.5. The number of nitrogens with one attached hydrogen (secondary N) is 1. The van der Waals surface area contributed by atoms with E-state index in [9.17, 15) is 4.79 Å². The summed E-state index contributed by atoms with van der Waals surface area (Å²) in [6.45, 7) is 6.02. The Labute approximate surface area is 102 Å². The van der Waals surface area contributed by atoms with Crippen LogP contribution in [0.3, 0.4) is 0 Å². The van der Waals surface area contributed by atoms with E-state index in [2.05, 4.69) is 11.4 Å². The maximum absolute atomic E-state index is 12.0. The smallest absolute Gasteiger partial charge is 0.268 e. The van der Waals surface area contributed by atoms with E-state index in [1.165, 1.54) is 0 Å². The molecule has 0 aliphatic carbocycles. The molecular weight excluding hydrogens is 214 g/mol. The molecule has 1 atom stereocenters. The van der Waals surface area contributed by atoms with Crippen LogP contribution >= 0.6 is 0 Å². The number of rotatable bonds is 5. The van der Waals surface area contributed by atoms with Gasteiger partial charge in [0.2, 0.25) is 0 Å². The summed E-state index contributed by atoms with van der Waals surface area (Å²) in [6, 6.07) is 5.93. The lowest BCUT2D eigenvalue weighted by Crippen LogP contribution is -2.35. The van der Waals surface area contributed by atoms with Gasteiger partial charge in [0.05, 0.1) is 12.5 Å². The highest BCUT2D eigenvalue weighted by molar-refractivity contribution is 5.93. The van der Waals surface area contributed by atoms with Crippen molar-refractivity contribution < 1.29 is 4.79 Å². The SMILES string of the molecule is CC[C@H](CC#N)NC(=O)c1cccn1C(C)C. The lowest BCUT2D eigenvalue weighted by atomic mass is 10.1. The molecule has 0 spiro atoms. The molecule has 0 unspecified atom stereocenters. The molecule has 0 aliphatic rings. The highest BCUT2D eigenvalue weighted by atomic mass is 16.2. The van der Waals surface area contributed by atoms with E-state index in [4.69, 9.17) is 5.26 Å². The van der Waals surface area contributed by atoms with Gasteiger partial charge in [0.15, 0.2) is 0 Å². The van der Waals surface area contributed by atoms with E-state index < -0.39 is 0 Å². The molecule has 0 radical (unpaired) electrons. The molecule has 92 valence electrons. The van der Waals surface area contributed by atoms with Crippen LogP contribution in [0.1, 0.15) is 50.1 Å². The number of hydrogen-bond acceptors (Lipinski definition) is 2. The van der Waals surface area contributed by atoms with Crippen LogP contribution in [0, 0.1) is 11.3 Å². The summed E-state index contributed by atoms with van der Waals surface area (Å²) in [5.74, 6) is -0.106. The fraction of sp³-hybridized carbons (Fsp3) is 0.538. The van der Waals surface area contributed by atoms with E-state index in [1.807, 2.05) is 37.6 Å². The zero-order valence-electron chi connectivity index (χ0n) is 10.6. The van der Waals surface area contributed by atoms with Gasteiger partial charge in [-0.05, 0) is 32.4 Å². The van der Waals surface area contributed by atoms with E-state index in [0.717, 1.165) is 6.42 Å². The third kappa shape index (κ3) is 3.35. The van der Waals surface area contributed by atoms with Crippen molar-refractivity contribution in [1.29, 1.82) is 5.26 Å². The van der Waals surface area contributed by atoms with Crippen molar-refractivity contribution in [1.82, 2.24) is 9.88 Å². The van der Waals surface area contributed by atoms with Crippen LogP contribution < -0.4 is 5.32 Å². The van der Waals surface area contributed by atoms with Crippen molar-refractivity contribution in [3.8, 4) is 6.07 Å². The summed E-state index contributed by atoms with van der Waals surface area (Å²) in [6.07, 6.45) is 3.01. The summed E-state index contributed by atoms with van der Waals surface area (Å²) in [4.78, 5) is 12.0. The molecule has 4 nitrogen and oxygen atoms in total. The van der Waals surface area contributed by atoms with Crippen molar-refractivity contribution >= 4 is 5.91 Å². The molecule has 0 fully saturated rings. The molecule has 1 aromatic rings. The summed E-state index contributed by atoms with van der Waals surface area (Å²) >= 11 is 0. The molecular formula is C13H19N3O. The minimum Gasteiger partial charge on any atom is -0.347 e. The van der Waals surface area contributed by atoms with Crippen molar-refractivity contribution in [3.05, 3.63) is 24.0 Å². The molecule has 4 heteroatoms. The predicted molar refractivity (Wildman–Crippen MR) is 66.6 cm³/mol. The summed E-state index contributed by atoms with van der Waals surface area (Å²) in [5.41, 5.74) is 0.649. The van der Waals surface area contributed by atoms with Crippen LogP contribution in [-0.2, 0) is 0 Å². The second-order valence-electron chi connectivity index (χ2n) is 4.34. The Kier molecular flexibility index (Phi) is 4.77. The van der Waals surface area contributed by atoms with E-state index in [1.54, 1.807) is 6.07 Å². The van der Waals surface area contributed by atoms with Gasteiger partial charge in [-0.15, -0.1) is 0 Å². The van der Waals surface area contributed by atoms with Gasteiger partial charge in [0, 0.05) is 18.3 Å². The lowest BCUT2D eigenvalue weighted by molar-refractivity contribution is 0.0925. The van der Waals surface area contributed by atoms with E-state index in [0.29, 0.717) is 12.1 Å². The minimum absolute atomic E-state index is 0.0667. The largest absolute Gasteiger partial charge is 0.347 e. The number of carbonyl (C=O) groups is 1. The molecule has 17 heavy (non-hydrogen) atoms. The zero-order valence-corrected chi connectivity index (χ0v) is 10.6. The monoisotopic (exact) mass is 233 g/mol. The van der Waals surface area contributed by atoms with Crippen LogP contribution in [0.25, 0.3) is 0 Å². The fourth-order valence-electron chi connectivity index (χ4n) is 1.70. The Morgan fingerprint density at radius 3 is 2.82 bits per heavy atom. The Bertz CT molecular complexity index is 415. The zero-order chi connectivity index (χ0) is 12.8. The third-order valence-corrected chi connectivity index (χ3v) is 2.73. The second-order valence-corrected chi connectivity index (χ2v) is 4.34. The van der Waals surface area contributed by atoms with Crippen LogP contribution in [-0.4, -0.2) is 16.5 Å². The van der Waals surface area contributed by atoms with Gasteiger partial charge in [-0.3, -0.25) is 4.79 Å². The number of carbonyl (C=O) groups excluding carboxylic acids is 1. The summed E-state index contributed by atoms with van der Waals surface area (Å²) < 4.78 is 1.93. The lowest BCUT2D eigenvalue weighted by Gasteiger charge is -2.16. The van der Waals surface area contributed by atoms with E-state index >= 15 is 0 Å². The van der Waals surface area contributed by atoms with Gasteiger partial charge < -0.3 is 9.88 Å². The van der Waals surface area contributed by atoms with Crippen LogP contribution in [0.2, 0.25) is 0 Å². The van der Waals surface area contributed by atoms with Gasteiger partial charge in [-0.1, -0.05) is 6.92 Å². The molecule has 0 bridgehead atoms. The minimum atomic E-state index is -0.106. The standard InChI is InChI=1S/C13H19N3O/c1-4-11(7-8-14)15-13(17)12-6-5-9-16(12)10(2)3/h5-6,9-11H,4,7H2,1-3H3,(H,15,17)/t11-/m1/s1. The third-order valence-electron chi connectivity index (χ3n) is 2.73. The normalized spacial score (nSPS) is 12.2. The maximum Gasteiger partial charge on any atom is 0.268 e. The molecule has 1 heterocycles. The first-order valence-corrected chi connectivity index (χ1v) is 5.94. The number of nitriles is 1. The molecule has 0 saturated heterocycles. The molecule has 0 saturated carbocycles. The summed E-state index contributed by atoms with van der Waals surface area (Å²) in [7, 11) is 0. The Morgan fingerprint density at radius 1 is 1.59 bits per heavy atom. The number of nitrogens with zero attached hydrogens (tertiary/aromatic N) is 2. The second kappa shape index (κ2) is 6.09. The van der Waals surface area contributed by atoms with Crippen LogP contribution in [0.4, 0.5) is 0 Å². The fourth-order valence-corrected chi connectivity index (χ4v) is 1.70. The van der Waals surface area contributed by atoms with Crippen LogP contribution in [0.15, 0.2) is 18.3 Å². The topological polar surface area (TPSA) is 57.8 Å². The van der Waals surface area contributed by atoms with E-state index in [-0.39, 0.29) is 18.0 Å². The van der Waals surface area contributed by atoms with Gasteiger partial charge in [0.1, 0.15) is 5.69 Å². The Balaban J connectivity index is 2.76. The molecule has 1 rings (SSSR count). The maximum atomic E-state index is 12.0. The van der Waals surface area contributed by atoms with Gasteiger partial charge in [-0.2, -0.15) is 5.26 Å². The Hall–Kier alpha value is -1.76. The molecule has 1 amide bonds.